The van der Waals surface area contributed by atoms with E-state index in [1.54, 1.807) is 36.7 Å². The summed E-state index contributed by atoms with van der Waals surface area (Å²) in [4.78, 5) is 20.2. The molecule has 0 spiro atoms. The predicted octanol–water partition coefficient (Wildman–Crippen LogP) is 3.48. The van der Waals surface area contributed by atoms with E-state index in [0.29, 0.717) is 6.54 Å². The molecule has 3 aromatic rings. The number of halogens is 1. The number of carbonyl (C=O) groups is 1. The van der Waals surface area contributed by atoms with Crippen LogP contribution in [0.1, 0.15) is 16.1 Å². The third kappa shape index (κ3) is 3.92. The molecule has 0 bridgehead atoms. The van der Waals surface area contributed by atoms with Gasteiger partial charge < -0.3 is 10.6 Å². The summed E-state index contributed by atoms with van der Waals surface area (Å²) >= 11 is 0. The number of rotatable bonds is 5. The van der Waals surface area contributed by atoms with Gasteiger partial charge in [-0.25, -0.2) is 4.39 Å². The van der Waals surface area contributed by atoms with Crippen molar-refractivity contribution in [1.29, 1.82) is 0 Å². The van der Waals surface area contributed by atoms with E-state index in [-0.39, 0.29) is 11.4 Å². The highest BCUT2D eigenvalue weighted by Gasteiger charge is 2.10. The Morgan fingerprint density at radius 2 is 1.83 bits per heavy atom. The maximum atomic E-state index is 13.6. The number of benzene rings is 1. The molecular formula is C18H15FN4O. The fraction of sp³-hybridized carbons (Fsp3) is 0.0556. The van der Waals surface area contributed by atoms with Gasteiger partial charge in [0, 0.05) is 30.8 Å². The van der Waals surface area contributed by atoms with Crippen LogP contribution in [0.25, 0.3) is 0 Å². The highest BCUT2D eigenvalue weighted by Crippen LogP contribution is 2.15. The van der Waals surface area contributed by atoms with E-state index in [0.717, 1.165) is 11.3 Å². The number of pyridine rings is 2. The lowest BCUT2D eigenvalue weighted by Gasteiger charge is -2.09. The van der Waals surface area contributed by atoms with Gasteiger partial charge in [-0.05, 0) is 42.0 Å². The second kappa shape index (κ2) is 7.32. The van der Waals surface area contributed by atoms with E-state index < -0.39 is 11.7 Å². The minimum atomic E-state index is -0.488. The van der Waals surface area contributed by atoms with Crippen molar-refractivity contribution in [3.63, 3.8) is 0 Å². The summed E-state index contributed by atoms with van der Waals surface area (Å²) in [6.07, 6.45) is 4.97. The number of nitrogens with one attached hydrogen (secondary N) is 2. The number of hydrogen-bond donors (Lipinski definition) is 2. The van der Waals surface area contributed by atoms with Crippen LogP contribution in [0.5, 0.6) is 0 Å². The summed E-state index contributed by atoms with van der Waals surface area (Å²) in [6.45, 7) is 0.598. The summed E-state index contributed by atoms with van der Waals surface area (Å²) in [5.41, 5.74) is 2.15. The Morgan fingerprint density at radius 1 is 1.04 bits per heavy atom. The van der Waals surface area contributed by atoms with Crippen LogP contribution in [0.4, 0.5) is 15.8 Å². The largest absolute Gasteiger partial charge is 0.381 e. The van der Waals surface area contributed by atoms with Crippen LogP contribution in [0, 0.1) is 5.82 Å². The van der Waals surface area contributed by atoms with Gasteiger partial charge in [0.25, 0.3) is 5.91 Å². The number of carbonyl (C=O) groups excluding carboxylic acids is 1. The van der Waals surface area contributed by atoms with E-state index in [9.17, 15) is 9.18 Å². The molecular weight excluding hydrogens is 307 g/mol. The first kappa shape index (κ1) is 15.6. The monoisotopic (exact) mass is 322 g/mol. The summed E-state index contributed by atoms with van der Waals surface area (Å²) in [7, 11) is 0. The lowest BCUT2D eigenvalue weighted by atomic mass is 10.2. The van der Waals surface area contributed by atoms with Gasteiger partial charge in [-0.3, -0.25) is 14.8 Å². The summed E-state index contributed by atoms with van der Waals surface area (Å²) in [6, 6.07) is 13.2. The third-order valence-electron chi connectivity index (χ3n) is 3.36. The number of para-hydroxylation sites is 1. The van der Waals surface area contributed by atoms with E-state index in [1.165, 1.54) is 18.3 Å². The van der Waals surface area contributed by atoms with Crippen LogP contribution < -0.4 is 10.6 Å². The zero-order chi connectivity index (χ0) is 16.8. The Labute approximate surface area is 138 Å². The smallest absolute Gasteiger partial charge is 0.274 e. The van der Waals surface area contributed by atoms with Crippen molar-refractivity contribution in [2.45, 2.75) is 6.54 Å². The molecule has 0 saturated carbocycles. The van der Waals surface area contributed by atoms with Gasteiger partial charge in [-0.1, -0.05) is 12.1 Å². The molecule has 3 rings (SSSR count). The highest BCUT2D eigenvalue weighted by atomic mass is 19.1. The lowest BCUT2D eigenvalue weighted by Crippen LogP contribution is -2.15. The third-order valence-corrected chi connectivity index (χ3v) is 3.36. The molecule has 2 heterocycles. The average molecular weight is 322 g/mol. The standard InChI is InChI=1S/C18H15FN4O/c19-15-3-1-2-4-16(15)23-18(24)17-11-14(7-10-21-17)22-12-13-5-8-20-9-6-13/h1-11H,12H2,(H,21,22)(H,23,24). The topological polar surface area (TPSA) is 66.9 Å². The van der Waals surface area contributed by atoms with Crippen molar-refractivity contribution in [2.75, 3.05) is 10.6 Å². The van der Waals surface area contributed by atoms with Crippen LogP contribution in [-0.4, -0.2) is 15.9 Å². The first-order valence-corrected chi connectivity index (χ1v) is 7.37. The van der Waals surface area contributed by atoms with Crippen LogP contribution in [0.2, 0.25) is 0 Å². The molecule has 0 fully saturated rings. The van der Waals surface area contributed by atoms with Gasteiger partial charge in [0.05, 0.1) is 5.69 Å². The summed E-state index contributed by atoms with van der Waals surface area (Å²) in [5.74, 6) is -0.953. The molecule has 6 heteroatoms. The van der Waals surface area contributed by atoms with Gasteiger partial charge in [-0.2, -0.15) is 0 Å². The molecule has 1 amide bonds. The average Bonchev–Trinajstić information content (AvgIpc) is 2.63. The van der Waals surface area contributed by atoms with Crippen molar-refractivity contribution in [3.8, 4) is 0 Å². The van der Waals surface area contributed by atoms with Gasteiger partial charge >= 0.3 is 0 Å². The van der Waals surface area contributed by atoms with E-state index >= 15 is 0 Å². The summed E-state index contributed by atoms with van der Waals surface area (Å²) in [5, 5.41) is 5.72. The Kier molecular flexibility index (Phi) is 4.76. The van der Waals surface area contributed by atoms with Crippen LogP contribution in [0.15, 0.2) is 67.1 Å². The Morgan fingerprint density at radius 3 is 2.62 bits per heavy atom. The number of aromatic nitrogens is 2. The molecule has 0 atom stereocenters. The summed E-state index contributed by atoms with van der Waals surface area (Å²) < 4.78 is 13.6. The Bertz CT molecular complexity index is 839. The lowest BCUT2D eigenvalue weighted by molar-refractivity contribution is 0.102. The second-order valence-electron chi connectivity index (χ2n) is 5.07. The minimum Gasteiger partial charge on any atom is -0.381 e. The quantitative estimate of drug-likeness (QED) is 0.755. The van der Waals surface area contributed by atoms with E-state index in [1.807, 2.05) is 12.1 Å². The molecule has 0 unspecified atom stereocenters. The van der Waals surface area contributed by atoms with Crippen LogP contribution >= 0.6 is 0 Å². The SMILES string of the molecule is O=C(Nc1ccccc1F)c1cc(NCc2ccncc2)ccn1. The molecule has 0 aliphatic carbocycles. The fourth-order valence-electron chi connectivity index (χ4n) is 2.12. The van der Waals surface area contributed by atoms with Gasteiger partial charge in [0.1, 0.15) is 11.5 Å². The molecule has 1 aromatic carbocycles. The normalized spacial score (nSPS) is 10.2. The number of anilines is 2. The van der Waals surface area contributed by atoms with Crippen LogP contribution in [-0.2, 0) is 6.54 Å². The first-order chi connectivity index (χ1) is 11.7. The fourth-order valence-corrected chi connectivity index (χ4v) is 2.12. The Balaban J connectivity index is 1.68. The first-order valence-electron chi connectivity index (χ1n) is 7.37. The predicted molar refractivity (Wildman–Crippen MR) is 90.2 cm³/mol. The number of hydrogen-bond acceptors (Lipinski definition) is 4. The number of nitrogens with zero attached hydrogens (tertiary/aromatic N) is 2. The van der Waals surface area contributed by atoms with Crippen molar-refractivity contribution in [3.05, 3.63) is 84.2 Å². The molecule has 0 aliphatic rings. The molecule has 120 valence electrons. The van der Waals surface area contributed by atoms with Gasteiger partial charge in [-0.15, -0.1) is 0 Å². The van der Waals surface area contributed by atoms with Crippen molar-refractivity contribution in [1.82, 2.24) is 9.97 Å². The van der Waals surface area contributed by atoms with E-state index in [4.69, 9.17) is 0 Å². The maximum absolute atomic E-state index is 13.6. The van der Waals surface area contributed by atoms with Crippen molar-refractivity contribution >= 4 is 17.3 Å². The van der Waals surface area contributed by atoms with Crippen molar-refractivity contribution < 1.29 is 9.18 Å². The Hall–Kier alpha value is -3.28. The molecule has 2 aromatic heterocycles. The molecule has 0 radical (unpaired) electrons. The number of amides is 1. The molecule has 2 N–H and O–H groups in total. The maximum Gasteiger partial charge on any atom is 0.274 e. The van der Waals surface area contributed by atoms with Crippen LogP contribution in [0.3, 0.4) is 0 Å². The zero-order valence-corrected chi connectivity index (χ0v) is 12.7. The van der Waals surface area contributed by atoms with Gasteiger partial charge in [0.2, 0.25) is 0 Å². The second-order valence-corrected chi connectivity index (χ2v) is 5.07. The molecule has 24 heavy (non-hydrogen) atoms. The van der Waals surface area contributed by atoms with Gasteiger partial charge in [0.15, 0.2) is 0 Å². The zero-order valence-electron chi connectivity index (χ0n) is 12.7. The highest BCUT2D eigenvalue weighted by molar-refractivity contribution is 6.03. The molecule has 0 aliphatic heterocycles. The molecule has 0 saturated heterocycles. The van der Waals surface area contributed by atoms with E-state index in [2.05, 4.69) is 20.6 Å². The minimum absolute atomic E-state index is 0.124. The molecule has 5 nitrogen and oxygen atoms in total. The van der Waals surface area contributed by atoms with Crippen molar-refractivity contribution in [2.24, 2.45) is 0 Å².